The molecule has 0 aromatic carbocycles. The van der Waals surface area contributed by atoms with Gasteiger partial charge in [0.2, 0.25) is 0 Å². The molecule has 0 aliphatic heterocycles. The predicted octanol–water partition coefficient (Wildman–Crippen LogP) is 1.44. The van der Waals surface area contributed by atoms with Crippen LogP contribution in [-0.2, 0) is 14.3 Å². The lowest BCUT2D eigenvalue weighted by Crippen LogP contribution is -2.32. The van der Waals surface area contributed by atoms with Gasteiger partial charge in [-0.1, -0.05) is 12.8 Å². The number of nitrogens with two attached hydrogens (primary N) is 1. The van der Waals surface area contributed by atoms with Gasteiger partial charge in [0, 0.05) is 32.7 Å². The van der Waals surface area contributed by atoms with Gasteiger partial charge in [0.1, 0.15) is 0 Å². The van der Waals surface area contributed by atoms with Crippen LogP contribution in [0.15, 0.2) is 4.99 Å². The highest BCUT2D eigenvalue weighted by Gasteiger charge is 1.99. The number of guanidine groups is 1. The quantitative estimate of drug-likeness (QED) is 0.245. The molecule has 0 fully saturated rings. The fourth-order valence-electron chi connectivity index (χ4n) is 1.63. The van der Waals surface area contributed by atoms with Gasteiger partial charge in [0.15, 0.2) is 5.96 Å². The second-order valence-electron chi connectivity index (χ2n) is 4.48. The number of nitrogens with one attached hydrogen (secondary N) is 1. The summed E-state index contributed by atoms with van der Waals surface area (Å²) < 4.78 is 9.79. The molecule has 0 saturated carbocycles. The molecule has 0 heterocycles. The number of carbonyl (C=O) groups is 1. The number of nitrogens with zero attached hydrogens (tertiary/aromatic N) is 1. The van der Waals surface area contributed by atoms with Crippen molar-refractivity contribution in [2.45, 2.75) is 45.4 Å². The molecule has 0 aliphatic carbocycles. The minimum Gasteiger partial charge on any atom is -0.469 e. The van der Waals surface area contributed by atoms with Crippen LogP contribution in [0.25, 0.3) is 0 Å². The average molecular weight is 287 g/mol. The summed E-state index contributed by atoms with van der Waals surface area (Å²) in [5, 5.41) is 3.08. The van der Waals surface area contributed by atoms with Gasteiger partial charge in [0.25, 0.3) is 0 Å². The second-order valence-corrected chi connectivity index (χ2v) is 4.48. The molecule has 118 valence electrons. The third-order valence-electron chi connectivity index (χ3n) is 2.77. The maximum atomic E-state index is 10.9. The van der Waals surface area contributed by atoms with E-state index >= 15 is 0 Å². The summed E-state index contributed by atoms with van der Waals surface area (Å²) in [6.07, 6.45) is 5.41. The molecule has 0 aromatic heterocycles. The molecule has 0 bridgehead atoms. The number of carbonyl (C=O) groups excluding carboxylic acids is 1. The highest BCUT2D eigenvalue weighted by atomic mass is 16.5. The van der Waals surface area contributed by atoms with Crippen LogP contribution in [0.5, 0.6) is 0 Å². The molecule has 6 heteroatoms. The normalized spacial score (nSPS) is 11.4. The monoisotopic (exact) mass is 287 g/mol. The van der Waals surface area contributed by atoms with Gasteiger partial charge < -0.3 is 20.5 Å². The summed E-state index contributed by atoms with van der Waals surface area (Å²) in [5.41, 5.74) is 5.72. The van der Waals surface area contributed by atoms with Crippen LogP contribution < -0.4 is 11.1 Å². The lowest BCUT2D eigenvalue weighted by Gasteiger charge is -2.05. The van der Waals surface area contributed by atoms with E-state index < -0.39 is 0 Å². The number of rotatable bonds is 12. The van der Waals surface area contributed by atoms with Crippen molar-refractivity contribution >= 4 is 11.9 Å². The van der Waals surface area contributed by atoms with Crippen LogP contribution in [0.2, 0.25) is 0 Å². The molecular weight excluding hydrogens is 258 g/mol. The molecule has 0 radical (unpaired) electrons. The highest BCUT2D eigenvalue weighted by Crippen LogP contribution is 2.03. The zero-order chi connectivity index (χ0) is 15.1. The number of hydrogen-bond acceptors (Lipinski definition) is 4. The van der Waals surface area contributed by atoms with Crippen LogP contribution in [-0.4, -0.2) is 45.3 Å². The third-order valence-corrected chi connectivity index (χ3v) is 2.77. The van der Waals surface area contributed by atoms with E-state index in [1.807, 2.05) is 6.92 Å². The number of aliphatic imine (C=N–C) groups is 1. The molecule has 0 amide bonds. The maximum absolute atomic E-state index is 10.9. The first kappa shape index (κ1) is 18.7. The van der Waals surface area contributed by atoms with Crippen molar-refractivity contribution in [2.75, 3.05) is 33.4 Å². The van der Waals surface area contributed by atoms with Gasteiger partial charge in [-0.05, 0) is 26.2 Å². The second kappa shape index (κ2) is 14.1. The maximum Gasteiger partial charge on any atom is 0.305 e. The van der Waals surface area contributed by atoms with Crippen LogP contribution >= 0.6 is 0 Å². The molecule has 0 spiro atoms. The van der Waals surface area contributed by atoms with Gasteiger partial charge in [-0.2, -0.15) is 0 Å². The molecule has 20 heavy (non-hydrogen) atoms. The zero-order valence-electron chi connectivity index (χ0n) is 12.8. The van der Waals surface area contributed by atoms with Gasteiger partial charge in [-0.15, -0.1) is 0 Å². The Morgan fingerprint density at radius 3 is 2.65 bits per heavy atom. The number of hydrogen-bond donors (Lipinski definition) is 2. The first-order valence-electron chi connectivity index (χ1n) is 7.39. The lowest BCUT2D eigenvalue weighted by molar-refractivity contribution is -0.140. The molecule has 0 rings (SSSR count). The van der Waals surface area contributed by atoms with E-state index in [4.69, 9.17) is 10.5 Å². The Labute approximate surface area is 122 Å². The Morgan fingerprint density at radius 1 is 1.20 bits per heavy atom. The van der Waals surface area contributed by atoms with E-state index in [0.29, 0.717) is 18.9 Å². The smallest absolute Gasteiger partial charge is 0.305 e. The third kappa shape index (κ3) is 13.1. The van der Waals surface area contributed by atoms with Gasteiger partial charge in [-0.25, -0.2) is 0 Å². The van der Waals surface area contributed by atoms with E-state index in [9.17, 15) is 4.79 Å². The van der Waals surface area contributed by atoms with E-state index in [2.05, 4.69) is 15.0 Å². The summed E-state index contributed by atoms with van der Waals surface area (Å²) in [6.45, 7) is 4.96. The molecule has 3 N–H and O–H groups in total. The molecular formula is C14H29N3O3. The minimum atomic E-state index is -0.133. The topological polar surface area (TPSA) is 85.9 Å². The highest BCUT2D eigenvalue weighted by molar-refractivity contribution is 5.77. The van der Waals surface area contributed by atoms with Crippen molar-refractivity contribution in [2.24, 2.45) is 10.7 Å². The van der Waals surface area contributed by atoms with E-state index in [1.54, 1.807) is 0 Å². The van der Waals surface area contributed by atoms with Crippen LogP contribution in [0.4, 0.5) is 0 Å². The van der Waals surface area contributed by atoms with Crippen LogP contribution in [0.1, 0.15) is 45.4 Å². The van der Waals surface area contributed by atoms with E-state index in [-0.39, 0.29) is 5.97 Å². The van der Waals surface area contributed by atoms with Crippen molar-refractivity contribution in [3.8, 4) is 0 Å². The summed E-state index contributed by atoms with van der Waals surface area (Å²) in [6, 6.07) is 0. The Morgan fingerprint density at radius 2 is 1.95 bits per heavy atom. The first-order chi connectivity index (χ1) is 9.70. The fourth-order valence-corrected chi connectivity index (χ4v) is 1.63. The Hall–Kier alpha value is -1.30. The average Bonchev–Trinajstić information content (AvgIpc) is 2.45. The molecule has 0 saturated heterocycles. The van der Waals surface area contributed by atoms with Crippen LogP contribution in [0, 0.1) is 0 Å². The first-order valence-corrected chi connectivity index (χ1v) is 7.39. The van der Waals surface area contributed by atoms with Crippen molar-refractivity contribution in [3.05, 3.63) is 0 Å². The van der Waals surface area contributed by atoms with Crippen molar-refractivity contribution in [1.29, 1.82) is 0 Å². The molecule has 0 unspecified atom stereocenters. The predicted molar refractivity (Wildman–Crippen MR) is 80.7 cm³/mol. The number of ether oxygens (including phenoxy) is 2. The Balaban J connectivity index is 3.32. The molecule has 0 aromatic rings. The van der Waals surface area contributed by atoms with Gasteiger partial charge >= 0.3 is 5.97 Å². The van der Waals surface area contributed by atoms with Crippen molar-refractivity contribution < 1.29 is 14.3 Å². The van der Waals surface area contributed by atoms with Crippen molar-refractivity contribution in [3.63, 3.8) is 0 Å². The van der Waals surface area contributed by atoms with E-state index in [1.165, 1.54) is 7.11 Å². The van der Waals surface area contributed by atoms with E-state index in [0.717, 1.165) is 51.9 Å². The molecule has 0 aliphatic rings. The number of esters is 1. The van der Waals surface area contributed by atoms with Crippen molar-refractivity contribution in [1.82, 2.24) is 5.32 Å². The molecule has 6 nitrogen and oxygen atoms in total. The summed E-state index contributed by atoms with van der Waals surface area (Å²) in [4.78, 5) is 15.1. The van der Waals surface area contributed by atoms with Gasteiger partial charge in [-0.3, -0.25) is 9.79 Å². The Kier molecular flexibility index (Phi) is 13.2. The summed E-state index contributed by atoms with van der Waals surface area (Å²) >= 11 is 0. The fraction of sp³-hybridized carbons (Fsp3) is 0.857. The van der Waals surface area contributed by atoms with Crippen LogP contribution in [0.3, 0.4) is 0 Å². The lowest BCUT2D eigenvalue weighted by atomic mass is 10.1. The number of unbranched alkanes of at least 4 members (excludes halogenated alkanes) is 3. The minimum absolute atomic E-state index is 0.133. The largest absolute Gasteiger partial charge is 0.469 e. The SMILES string of the molecule is CCOCCCN=C(N)NCCCCCCC(=O)OC. The summed E-state index contributed by atoms with van der Waals surface area (Å²) in [7, 11) is 1.42. The standard InChI is InChI=1S/C14H29N3O3/c1-3-20-12-8-11-17-14(15)16-10-7-5-4-6-9-13(18)19-2/h3-12H2,1-2H3,(H3,15,16,17). The zero-order valence-corrected chi connectivity index (χ0v) is 12.8. The Bertz CT molecular complexity index is 270. The van der Waals surface area contributed by atoms with Gasteiger partial charge in [0.05, 0.1) is 7.11 Å². The number of methoxy groups -OCH3 is 1. The molecule has 0 atom stereocenters. The summed E-state index contributed by atoms with van der Waals surface area (Å²) in [5.74, 6) is 0.364.